The Balaban J connectivity index is 2.41. The maximum absolute atomic E-state index is 12.1. The zero-order valence-electron chi connectivity index (χ0n) is 10.7. The highest BCUT2D eigenvalue weighted by atomic mass is 32.2. The number of aromatic nitrogens is 2. The van der Waals surface area contributed by atoms with Crippen LogP contribution in [0.15, 0.2) is 21.7 Å². The molecule has 1 N–H and O–H groups in total. The summed E-state index contributed by atoms with van der Waals surface area (Å²) in [7, 11) is -2.23. The van der Waals surface area contributed by atoms with Gasteiger partial charge >= 0.3 is 0 Å². The molecule has 2 rings (SSSR count). The van der Waals surface area contributed by atoms with E-state index in [1.807, 2.05) is 0 Å². The molecule has 2 heterocycles. The lowest BCUT2D eigenvalue weighted by Gasteiger charge is -2.11. The maximum atomic E-state index is 12.1. The molecule has 102 valence electrons. The minimum absolute atomic E-state index is 0.0963. The molecule has 0 bridgehead atoms. The zero-order chi connectivity index (χ0) is 14.0. The fourth-order valence-corrected chi connectivity index (χ4v) is 3.38. The first-order valence-electron chi connectivity index (χ1n) is 5.39. The van der Waals surface area contributed by atoms with E-state index in [4.69, 9.17) is 4.74 Å². The quantitative estimate of drug-likeness (QED) is 0.933. The van der Waals surface area contributed by atoms with Gasteiger partial charge in [0.15, 0.2) is 0 Å². The Kier molecular flexibility index (Phi) is 3.72. The standard InChI is InChI=1S/C11H13N3O3S2/c1-7-8(2)13-11(17-3)10(12-7)14-19(15,16)9-5-4-6-18-9/h4-6H,1-3H3,(H,12,14). The molecule has 0 aromatic carbocycles. The molecule has 0 saturated heterocycles. The maximum Gasteiger partial charge on any atom is 0.272 e. The van der Waals surface area contributed by atoms with E-state index in [2.05, 4.69) is 14.7 Å². The van der Waals surface area contributed by atoms with Gasteiger partial charge in [-0.2, -0.15) is 0 Å². The fourth-order valence-electron chi connectivity index (χ4n) is 1.39. The molecule has 0 atom stereocenters. The number of ether oxygens (including phenoxy) is 1. The number of anilines is 1. The van der Waals surface area contributed by atoms with E-state index in [0.29, 0.717) is 11.4 Å². The van der Waals surface area contributed by atoms with E-state index in [0.717, 1.165) is 11.3 Å². The predicted molar refractivity (Wildman–Crippen MR) is 73.2 cm³/mol. The van der Waals surface area contributed by atoms with Gasteiger partial charge in [0.25, 0.3) is 15.9 Å². The summed E-state index contributed by atoms with van der Waals surface area (Å²) in [6.45, 7) is 3.53. The second kappa shape index (κ2) is 5.14. The molecule has 0 aliphatic carbocycles. The summed E-state index contributed by atoms with van der Waals surface area (Å²) in [5.74, 6) is 0.252. The number of rotatable bonds is 4. The van der Waals surface area contributed by atoms with Crippen LogP contribution in [0.3, 0.4) is 0 Å². The van der Waals surface area contributed by atoms with Crippen LogP contribution in [0.1, 0.15) is 11.4 Å². The summed E-state index contributed by atoms with van der Waals surface area (Å²) in [4.78, 5) is 8.31. The highest BCUT2D eigenvalue weighted by Gasteiger charge is 2.20. The third-order valence-electron chi connectivity index (χ3n) is 2.46. The van der Waals surface area contributed by atoms with Crippen molar-refractivity contribution >= 4 is 27.2 Å². The average Bonchev–Trinajstić information content (AvgIpc) is 2.87. The van der Waals surface area contributed by atoms with Gasteiger partial charge in [-0.25, -0.2) is 18.4 Å². The van der Waals surface area contributed by atoms with Gasteiger partial charge < -0.3 is 4.74 Å². The largest absolute Gasteiger partial charge is 0.478 e. The summed E-state index contributed by atoms with van der Waals surface area (Å²) < 4.78 is 31.9. The van der Waals surface area contributed by atoms with E-state index >= 15 is 0 Å². The van der Waals surface area contributed by atoms with Crippen LogP contribution in [0.25, 0.3) is 0 Å². The Hall–Kier alpha value is -1.67. The van der Waals surface area contributed by atoms with Crippen molar-refractivity contribution in [2.45, 2.75) is 18.1 Å². The van der Waals surface area contributed by atoms with Gasteiger partial charge in [0.1, 0.15) is 4.21 Å². The Morgan fingerprint density at radius 1 is 1.26 bits per heavy atom. The van der Waals surface area contributed by atoms with Gasteiger partial charge in [-0.1, -0.05) is 6.07 Å². The van der Waals surface area contributed by atoms with Crippen LogP contribution in [-0.2, 0) is 10.0 Å². The van der Waals surface area contributed by atoms with Gasteiger partial charge in [0.2, 0.25) is 5.82 Å². The number of methoxy groups -OCH3 is 1. The lowest BCUT2D eigenvalue weighted by Crippen LogP contribution is -2.15. The smallest absolute Gasteiger partial charge is 0.272 e. The number of hydrogen-bond acceptors (Lipinski definition) is 6. The Morgan fingerprint density at radius 3 is 2.53 bits per heavy atom. The van der Waals surface area contributed by atoms with Crippen LogP contribution < -0.4 is 9.46 Å². The van der Waals surface area contributed by atoms with Crippen molar-refractivity contribution in [2.24, 2.45) is 0 Å². The van der Waals surface area contributed by atoms with Crippen molar-refractivity contribution < 1.29 is 13.2 Å². The number of sulfonamides is 1. The molecule has 0 fully saturated rings. The van der Waals surface area contributed by atoms with Crippen molar-refractivity contribution in [3.63, 3.8) is 0 Å². The first kappa shape index (κ1) is 13.8. The number of aryl methyl sites for hydroxylation is 2. The number of hydrogen-bond donors (Lipinski definition) is 1. The average molecular weight is 299 g/mol. The highest BCUT2D eigenvalue weighted by molar-refractivity contribution is 7.94. The van der Waals surface area contributed by atoms with E-state index in [9.17, 15) is 8.42 Å². The summed E-state index contributed by atoms with van der Waals surface area (Å²) >= 11 is 1.13. The van der Waals surface area contributed by atoms with Gasteiger partial charge in [-0.15, -0.1) is 11.3 Å². The highest BCUT2D eigenvalue weighted by Crippen LogP contribution is 2.25. The lowest BCUT2D eigenvalue weighted by atomic mass is 10.3. The van der Waals surface area contributed by atoms with E-state index in [-0.39, 0.29) is 15.9 Å². The van der Waals surface area contributed by atoms with Gasteiger partial charge in [-0.05, 0) is 25.3 Å². The minimum Gasteiger partial charge on any atom is -0.478 e. The van der Waals surface area contributed by atoms with Gasteiger partial charge in [-0.3, -0.25) is 4.72 Å². The molecule has 2 aromatic heterocycles. The molecule has 0 saturated carbocycles. The van der Waals surface area contributed by atoms with Crippen LogP contribution in [-0.4, -0.2) is 25.5 Å². The van der Waals surface area contributed by atoms with Crippen molar-refractivity contribution in [1.82, 2.24) is 9.97 Å². The fraction of sp³-hybridized carbons (Fsp3) is 0.273. The van der Waals surface area contributed by atoms with Gasteiger partial charge in [0.05, 0.1) is 18.5 Å². The monoisotopic (exact) mass is 299 g/mol. The summed E-state index contributed by atoms with van der Waals surface area (Å²) in [5.41, 5.74) is 1.33. The molecule has 19 heavy (non-hydrogen) atoms. The predicted octanol–water partition coefficient (Wildman–Crippen LogP) is 1.96. The summed E-state index contributed by atoms with van der Waals surface area (Å²) in [6, 6.07) is 3.19. The van der Waals surface area contributed by atoms with Crippen LogP contribution in [0, 0.1) is 13.8 Å². The molecule has 0 radical (unpaired) electrons. The third-order valence-corrected chi connectivity index (χ3v) is 5.20. The molecule has 8 heteroatoms. The zero-order valence-corrected chi connectivity index (χ0v) is 12.3. The third kappa shape index (κ3) is 2.85. The first-order valence-corrected chi connectivity index (χ1v) is 7.76. The van der Waals surface area contributed by atoms with E-state index in [1.54, 1.807) is 25.3 Å². The van der Waals surface area contributed by atoms with E-state index < -0.39 is 10.0 Å². The Morgan fingerprint density at radius 2 is 1.95 bits per heavy atom. The summed E-state index contributed by atoms with van der Waals surface area (Å²) in [6.07, 6.45) is 0. The second-order valence-corrected chi connectivity index (χ2v) is 6.65. The molecule has 2 aromatic rings. The van der Waals surface area contributed by atoms with Crippen molar-refractivity contribution in [1.29, 1.82) is 0 Å². The topological polar surface area (TPSA) is 81.2 Å². The number of thiophene rings is 1. The first-order chi connectivity index (χ1) is 8.94. The molecular weight excluding hydrogens is 286 g/mol. The number of nitrogens with one attached hydrogen (secondary N) is 1. The number of nitrogens with zero attached hydrogens (tertiary/aromatic N) is 2. The lowest BCUT2D eigenvalue weighted by molar-refractivity contribution is 0.397. The Labute approximate surface area is 115 Å². The normalized spacial score (nSPS) is 11.3. The second-order valence-electron chi connectivity index (χ2n) is 3.79. The van der Waals surface area contributed by atoms with Crippen LogP contribution in [0.4, 0.5) is 5.82 Å². The SMILES string of the molecule is COc1nc(C)c(C)nc1NS(=O)(=O)c1cccs1. The summed E-state index contributed by atoms with van der Waals surface area (Å²) in [5, 5.41) is 1.69. The van der Waals surface area contributed by atoms with Crippen molar-refractivity contribution in [3.05, 3.63) is 28.9 Å². The molecule has 6 nitrogen and oxygen atoms in total. The molecule has 0 aliphatic rings. The minimum atomic E-state index is -3.65. The molecule has 0 unspecified atom stereocenters. The molecule has 0 spiro atoms. The van der Waals surface area contributed by atoms with Crippen LogP contribution in [0.2, 0.25) is 0 Å². The van der Waals surface area contributed by atoms with Crippen LogP contribution in [0.5, 0.6) is 5.88 Å². The van der Waals surface area contributed by atoms with Crippen molar-refractivity contribution in [2.75, 3.05) is 11.8 Å². The van der Waals surface area contributed by atoms with E-state index in [1.165, 1.54) is 13.2 Å². The molecular formula is C11H13N3O3S2. The Bertz CT molecular complexity index is 681. The molecule has 0 amide bonds. The van der Waals surface area contributed by atoms with Crippen molar-refractivity contribution in [3.8, 4) is 5.88 Å². The van der Waals surface area contributed by atoms with Gasteiger partial charge in [0, 0.05) is 0 Å². The van der Waals surface area contributed by atoms with Crippen LogP contribution >= 0.6 is 11.3 Å². The molecule has 0 aliphatic heterocycles.